The van der Waals surface area contributed by atoms with E-state index in [1.165, 1.54) is 18.2 Å². The number of aryl methyl sites for hydroxylation is 1. The van der Waals surface area contributed by atoms with Gasteiger partial charge in [-0.15, -0.1) is 11.3 Å². The van der Waals surface area contributed by atoms with Gasteiger partial charge in [0.2, 0.25) is 10.0 Å². The Balaban J connectivity index is 1.82. The lowest BCUT2D eigenvalue weighted by Gasteiger charge is -2.27. The van der Waals surface area contributed by atoms with Gasteiger partial charge in [0, 0.05) is 11.4 Å². The second-order valence-electron chi connectivity index (χ2n) is 6.41. The van der Waals surface area contributed by atoms with Crippen LogP contribution in [0.1, 0.15) is 39.7 Å². The van der Waals surface area contributed by atoms with Crippen LogP contribution < -0.4 is 4.72 Å². The number of thiophene rings is 1. The Kier molecular flexibility index (Phi) is 5.76. The monoisotopic (exact) mass is 394 g/mol. The molecule has 2 aromatic rings. The van der Waals surface area contributed by atoms with E-state index in [1.54, 1.807) is 18.3 Å². The molecular weight excluding hydrogens is 372 g/mol. The molecule has 1 aliphatic heterocycles. The van der Waals surface area contributed by atoms with Crippen molar-refractivity contribution in [3.63, 3.8) is 0 Å². The second-order valence-corrected chi connectivity index (χ2v) is 9.13. The number of carbonyl (C=O) groups is 1. The van der Waals surface area contributed by atoms with E-state index >= 15 is 0 Å². The third kappa shape index (κ3) is 4.15. The van der Waals surface area contributed by atoms with Gasteiger partial charge in [0.15, 0.2) is 0 Å². The maximum atomic E-state index is 12.8. The highest BCUT2D eigenvalue weighted by Crippen LogP contribution is 2.28. The normalized spacial score (nSPS) is 16.7. The quantitative estimate of drug-likeness (QED) is 0.754. The number of nitrogens with zero attached hydrogens (tertiary/aromatic N) is 1. The van der Waals surface area contributed by atoms with Gasteiger partial charge in [-0.3, -0.25) is 4.90 Å². The summed E-state index contributed by atoms with van der Waals surface area (Å²) in [4.78, 5) is 14.6. The highest BCUT2D eigenvalue weighted by atomic mass is 32.2. The van der Waals surface area contributed by atoms with E-state index in [0.29, 0.717) is 5.56 Å². The van der Waals surface area contributed by atoms with Gasteiger partial charge in [0.1, 0.15) is 0 Å². The summed E-state index contributed by atoms with van der Waals surface area (Å²) in [5, 5.41) is 11.1. The molecule has 0 amide bonds. The van der Waals surface area contributed by atoms with Gasteiger partial charge < -0.3 is 5.11 Å². The second kappa shape index (κ2) is 7.87. The van der Waals surface area contributed by atoms with E-state index in [0.717, 1.165) is 30.8 Å². The number of hydrogen-bond donors (Lipinski definition) is 2. The summed E-state index contributed by atoms with van der Waals surface area (Å²) in [6, 6.07) is 8.15. The molecule has 1 fully saturated rings. The minimum atomic E-state index is -3.80. The van der Waals surface area contributed by atoms with E-state index in [4.69, 9.17) is 5.11 Å². The first-order chi connectivity index (χ1) is 12.4. The summed E-state index contributed by atoms with van der Waals surface area (Å²) in [5.74, 6) is -1.14. The fourth-order valence-corrected chi connectivity index (χ4v) is 5.40. The number of likely N-dealkylation sites (tertiary alicyclic amines) is 1. The molecule has 0 saturated carbocycles. The fourth-order valence-electron chi connectivity index (χ4n) is 3.23. The Morgan fingerprint density at radius 2 is 2.04 bits per heavy atom. The molecule has 140 valence electrons. The highest BCUT2D eigenvalue weighted by molar-refractivity contribution is 7.89. The molecule has 1 unspecified atom stereocenters. The van der Waals surface area contributed by atoms with Crippen LogP contribution in [0.2, 0.25) is 0 Å². The molecule has 6 nitrogen and oxygen atoms in total. The molecule has 2 heterocycles. The van der Waals surface area contributed by atoms with Crippen molar-refractivity contribution in [2.24, 2.45) is 0 Å². The fraction of sp³-hybridized carbons (Fsp3) is 0.389. The van der Waals surface area contributed by atoms with Crippen LogP contribution in [0.3, 0.4) is 0 Å². The third-order valence-corrected chi connectivity index (χ3v) is 7.18. The van der Waals surface area contributed by atoms with Gasteiger partial charge >= 0.3 is 5.97 Å². The van der Waals surface area contributed by atoms with Gasteiger partial charge in [0.05, 0.1) is 16.5 Å². The zero-order valence-electron chi connectivity index (χ0n) is 14.5. The summed E-state index contributed by atoms with van der Waals surface area (Å²) >= 11 is 1.62. The first-order valence-electron chi connectivity index (χ1n) is 8.49. The number of aromatic carboxylic acids is 1. The molecule has 1 aliphatic rings. The van der Waals surface area contributed by atoms with Crippen LogP contribution in [-0.2, 0) is 10.0 Å². The van der Waals surface area contributed by atoms with E-state index < -0.39 is 16.0 Å². The summed E-state index contributed by atoms with van der Waals surface area (Å²) in [7, 11) is -3.80. The van der Waals surface area contributed by atoms with E-state index in [1.807, 2.05) is 17.5 Å². The lowest BCUT2D eigenvalue weighted by molar-refractivity contribution is 0.0696. The number of rotatable bonds is 7. The average molecular weight is 395 g/mol. The van der Waals surface area contributed by atoms with Crippen molar-refractivity contribution in [2.75, 3.05) is 19.6 Å². The lowest BCUT2D eigenvalue weighted by atomic mass is 10.1. The van der Waals surface area contributed by atoms with E-state index in [-0.39, 0.29) is 23.0 Å². The predicted molar refractivity (Wildman–Crippen MR) is 101 cm³/mol. The number of carboxylic acid groups (broad SMARTS) is 1. The van der Waals surface area contributed by atoms with Crippen LogP contribution in [0.4, 0.5) is 0 Å². The number of hydrogen-bond acceptors (Lipinski definition) is 5. The SMILES string of the molecule is Cc1ccc(C(=O)O)cc1S(=O)(=O)NCC(c1cccs1)N1CCCC1. The molecule has 1 aromatic heterocycles. The Bertz CT molecular complexity index is 873. The van der Waals surface area contributed by atoms with Crippen LogP contribution in [0, 0.1) is 6.92 Å². The lowest BCUT2D eigenvalue weighted by Crippen LogP contribution is -2.36. The minimum absolute atomic E-state index is 0.00441. The van der Waals surface area contributed by atoms with Gasteiger partial charge in [0.25, 0.3) is 0 Å². The van der Waals surface area contributed by atoms with Crippen LogP contribution >= 0.6 is 11.3 Å². The molecule has 26 heavy (non-hydrogen) atoms. The van der Waals surface area contributed by atoms with Crippen molar-refractivity contribution < 1.29 is 18.3 Å². The molecular formula is C18H22N2O4S2. The van der Waals surface area contributed by atoms with Crippen molar-refractivity contribution in [3.8, 4) is 0 Å². The van der Waals surface area contributed by atoms with Gasteiger partial charge in [-0.1, -0.05) is 12.1 Å². The van der Waals surface area contributed by atoms with Crippen molar-refractivity contribution in [2.45, 2.75) is 30.7 Å². The molecule has 0 bridgehead atoms. The molecule has 1 saturated heterocycles. The zero-order valence-corrected chi connectivity index (χ0v) is 16.1. The van der Waals surface area contributed by atoms with Crippen LogP contribution in [0.25, 0.3) is 0 Å². The maximum Gasteiger partial charge on any atom is 0.335 e. The Labute approximate surface area is 157 Å². The van der Waals surface area contributed by atoms with Gasteiger partial charge in [-0.05, 0) is 62.0 Å². The first-order valence-corrected chi connectivity index (χ1v) is 10.9. The molecule has 0 spiro atoms. The Morgan fingerprint density at radius 1 is 1.31 bits per heavy atom. The van der Waals surface area contributed by atoms with Crippen LogP contribution in [-0.4, -0.2) is 44.0 Å². The third-order valence-electron chi connectivity index (χ3n) is 4.64. The van der Waals surface area contributed by atoms with E-state index in [2.05, 4.69) is 9.62 Å². The van der Waals surface area contributed by atoms with Crippen molar-refractivity contribution in [1.29, 1.82) is 0 Å². The molecule has 1 aromatic carbocycles. The summed E-state index contributed by atoms with van der Waals surface area (Å²) in [5.41, 5.74) is 0.488. The maximum absolute atomic E-state index is 12.8. The van der Waals surface area contributed by atoms with Crippen LogP contribution in [0.15, 0.2) is 40.6 Å². The Hall–Kier alpha value is -1.74. The summed E-state index contributed by atoms with van der Waals surface area (Å²) < 4.78 is 28.3. The zero-order chi connectivity index (χ0) is 18.7. The van der Waals surface area contributed by atoms with Crippen molar-refractivity contribution in [3.05, 3.63) is 51.7 Å². The first kappa shape index (κ1) is 19.0. The van der Waals surface area contributed by atoms with Crippen molar-refractivity contribution >= 4 is 27.3 Å². The molecule has 1 atom stereocenters. The topological polar surface area (TPSA) is 86.7 Å². The number of sulfonamides is 1. The molecule has 2 N–H and O–H groups in total. The molecule has 0 aliphatic carbocycles. The smallest absolute Gasteiger partial charge is 0.335 e. The van der Waals surface area contributed by atoms with Crippen molar-refractivity contribution in [1.82, 2.24) is 9.62 Å². The number of benzene rings is 1. The summed E-state index contributed by atoms with van der Waals surface area (Å²) in [6.45, 7) is 3.84. The number of nitrogens with one attached hydrogen (secondary N) is 1. The molecule has 8 heteroatoms. The number of carboxylic acids is 1. The van der Waals surface area contributed by atoms with E-state index in [9.17, 15) is 13.2 Å². The van der Waals surface area contributed by atoms with Gasteiger partial charge in [-0.25, -0.2) is 17.9 Å². The largest absolute Gasteiger partial charge is 0.478 e. The van der Waals surface area contributed by atoms with Crippen LogP contribution in [0.5, 0.6) is 0 Å². The minimum Gasteiger partial charge on any atom is -0.478 e. The van der Waals surface area contributed by atoms with Gasteiger partial charge in [-0.2, -0.15) is 0 Å². The predicted octanol–water partition coefficient (Wildman–Crippen LogP) is 2.87. The standard InChI is InChI=1S/C18H22N2O4S2/c1-13-6-7-14(18(21)22)11-17(13)26(23,24)19-12-15(16-5-4-10-25-16)20-8-2-3-9-20/h4-7,10-11,15,19H,2-3,8-9,12H2,1H3,(H,21,22). The average Bonchev–Trinajstić information content (AvgIpc) is 3.29. The molecule has 0 radical (unpaired) electrons. The highest BCUT2D eigenvalue weighted by Gasteiger charge is 2.27. The summed E-state index contributed by atoms with van der Waals surface area (Å²) in [6.07, 6.45) is 2.24. The Morgan fingerprint density at radius 3 is 2.65 bits per heavy atom. The molecule has 3 rings (SSSR count).